The Morgan fingerprint density at radius 3 is 0.677 bits per heavy atom. The molecular weight excluding hydrogens is 943 g/mol. The maximum atomic E-state index is 13.8. The van der Waals surface area contributed by atoms with Crippen molar-refractivity contribution in [3.05, 3.63) is 0 Å². The van der Waals surface area contributed by atoms with Crippen LogP contribution >= 0.6 is 25.3 Å². The molecule has 0 fully saturated rings. The van der Waals surface area contributed by atoms with E-state index >= 15 is 0 Å². The van der Waals surface area contributed by atoms with Gasteiger partial charge in [-0.2, -0.15) is 0 Å². The standard InChI is InChI=1S/2C25H50O2S.2C4H9.Sn/c2*1-2-3-4-5-6-7-8-9-10-11-12-13-14-15-16-17-18-19-20-21-22-24(23-28)25(26)27;2*1-3-4-2;/h2*24,28H,2-23H2,1H3,(H,26,27);2*1,3-4H2,2H3;/q;;;;+2/p-2. The molecule has 7 heteroatoms. The Morgan fingerprint density at radius 1 is 0.308 bits per heavy atom. The molecule has 0 spiro atoms. The van der Waals surface area contributed by atoms with E-state index in [1.165, 1.54) is 231 Å². The van der Waals surface area contributed by atoms with Crippen LogP contribution in [0.25, 0.3) is 0 Å². The van der Waals surface area contributed by atoms with Crippen molar-refractivity contribution in [3.8, 4) is 0 Å². The SMILES string of the molecule is CCCCCCCCCCCCCCCCCCCCCCC(CS)C(=O)[O][Sn]([CH2]CCC)([CH2]CCC)[O]C(=O)C(CS)CCCCCCCCCCCCCCCCCCCCCC. The molecule has 0 amide bonds. The van der Waals surface area contributed by atoms with Crippen LogP contribution in [0.3, 0.4) is 0 Å². The first-order valence-corrected chi connectivity index (χ1v) is 37.2. The van der Waals surface area contributed by atoms with Gasteiger partial charge in [0.25, 0.3) is 0 Å². The number of hydrogen-bond donors (Lipinski definition) is 2. The molecule has 0 radical (unpaired) electrons. The van der Waals surface area contributed by atoms with E-state index in [4.69, 9.17) is 6.15 Å². The molecule has 0 rings (SSSR count). The predicted octanol–water partition coefficient (Wildman–Crippen LogP) is 20.6. The third-order valence-corrected chi connectivity index (χ3v) is 24.8. The fourth-order valence-corrected chi connectivity index (χ4v) is 20.4. The summed E-state index contributed by atoms with van der Waals surface area (Å²) in [5, 5.41) is 0. The van der Waals surface area contributed by atoms with E-state index in [9.17, 15) is 9.59 Å². The number of thiol groups is 2. The van der Waals surface area contributed by atoms with Gasteiger partial charge in [0.15, 0.2) is 0 Å². The number of rotatable bonds is 54. The molecule has 388 valence electrons. The van der Waals surface area contributed by atoms with Gasteiger partial charge >= 0.3 is 259 Å². The van der Waals surface area contributed by atoms with Gasteiger partial charge < -0.3 is 0 Å². The van der Waals surface area contributed by atoms with Gasteiger partial charge in [0.1, 0.15) is 0 Å². The van der Waals surface area contributed by atoms with Crippen molar-refractivity contribution in [2.45, 2.75) is 332 Å². The van der Waals surface area contributed by atoms with Gasteiger partial charge in [-0.1, -0.05) is 168 Å². The third kappa shape index (κ3) is 43.0. The first-order valence-electron chi connectivity index (χ1n) is 29.6. The number of unbranched alkanes of at least 4 members (excludes halogenated alkanes) is 40. The molecule has 4 nitrogen and oxygen atoms in total. The van der Waals surface area contributed by atoms with Crippen molar-refractivity contribution in [2.24, 2.45) is 11.8 Å². The minimum atomic E-state index is -4.05. The van der Waals surface area contributed by atoms with Gasteiger partial charge in [0, 0.05) is 0 Å². The van der Waals surface area contributed by atoms with Crippen LogP contribution < -0.4 is 0 Å². The van der Waals surface area contributed by atoms with Crippen molar-refractivity contribution in [2.75, 3.05) is 11.5 Å². The molecule has 0 aliphatic rings. The Balaban J connectivity index is 4.37. The Bertz CT molecular complexity index is 905. The molecule has 0 aliphatic carbocycles. The van der Waals surface area contributed by atoms with Gasteiger partial charge in [-0.05, 0) is 0 Å². The van der Waals surface area contributed by atoms with Crippen LogP contribution in [-0.4, -0.2) is 42.6 Å². The van der Waals surface area contributed by atoms with E-state index in [0.29, 0.717) is 11.5 Å². The van der Waals surface area contributed by atoms with E-state index in [2.05, 4.69) is 53.0 Å². The molecule has 0 aliphatic heterocycles. The average molecular weight is 1060 g/mol. The molecule has 65 heavy (non-hydrogen) atoms. The molecule has 0 N–H and O–H groups in total. The Labute approximate surface area is 424 Å². The van der Waals surface area contributed by atoms with Crippen LogP contribution in [0.15, 0.2) is 0 Å². The summed E-state index contributed by atoms with van der Waals surface area (Å²) in [5.41, 5.74) is 0. The molecular formula is C58H116O4S2Sn. The molecule has 0 aromatic rings. The van der Waals surface area contributed by atoms with Crippen LogP contribution in [0.5, 0.6) is 0 Å². The van der Waals surface area contributed by atoms with E-state index in [1.54, 1.807) is 0 Å². The van der Waals surface area contributed by atoms with Crippen molar-refractivity contribution in [1.29, 1.82) is 0 Å². The van der Waals surface area contributed by atoms with E-state index in [-0.39, 0.29) is 23.8 Å². The Morgan fingerprint density at radius 2 is 0.492 bits per heavy atom. The van der Waals surface area contributed by atoms with E-state index < -0.39 is 19.2 Å². The van der Waals surface area contributed by atoms with Gasteiger partial charge in [-0.3, -0.25) is 0 Å². The molecule has 0 saturated heterocycles. The van der Waals surface area contributed by atoms with E-state index in [1.807, 2.05) is 0 Å². The molecule has 0 heterocycles. The third-order valence-electron chi connectivity index (χ3n) is 14.3. The van der Waals surface area contributed by atoms with Crippen molar-refractivity contribution in [1.82, 2.24) is 0 Å². The molecule has 0 bridgehead atoms. The average Bonchev–Trinajstić information content (AvgIpc) is 3.31. The van der Waals surface area contributed by atoms with Crippen molar-refractivity contribution < 1.29 is 15.7 Å². The second-order valence-electron chi connectivity index (χ2n) is 20.7. The van der Waals surface area contributed by atoms with E-state index in [0.717, 1.165) is 73.1 Å². The van der Waals surface area contributed by atoms with Gasteiger partial charge in [-0.15, -0.1) is 0 Å². The molecule has 0 aromatic heterocycles. The summed E-state index contributed by atoms with van der Waals surface area (Å²) in [4.78, 5) is 27.6. The normalized spacial score (nSPS) is 12.8. The summed E-state index contributed by atoms with van der Waals surface area (Å²) >= 11 is 5.20. The van der Waals surface area contributed by atoms with Gasteiger partial charge in [-0.25, -0.2) is 0 Å². The van der Waals surface area contributed by atoms with Crippen LogP contribution in [0.1, 0.15) is 323 Å². The first kappa shape index (κ1) is 65.4. The Hall–Kier alpha value is 0.439. The fourth-order valence-electron chi connectivity index (χ4n) is 9.63. The summed E-state index contributed by atoms with van der Waals surface area (Å²) in [5.74, 6) is 0.251. The van der Waals surface area contributed by atoms with Crippen LogP contribution in [0, 0.1) is 11.8 Å². The smallest absolute Gasteiger partial charge is 0.0654 e. The molecule has 2 atom stereocenters. The van der Waals surface area contributed by atoms with Gasteiger partial charge in [0.05, 0.1) is 0 Å². The van der Waals surface area contributed by atoms with Crippen molar-refractivity contribution in [3.63, 3.8) is 0 Å². The Kier molecular flexibility index (Phi) is 52.6. The molecule has 0 aromatic carbocycles. The summed E-state index contributed by atoms with van der Waals surface area (Å²) in [6.45, 7) is 8.94. The number of carbonyl (C=O) groups is 2. The zero-order chi connectivity index (χ0) is 47.6. The van der Waals surface area contributed by atoms with Gasteiger partial charge in [0.2, 0.25) is 0 Å². The zero-order valence-electron chi connectivity index (χ0n) is 44.5. The topological polar surface area (TPSA) is 52.6 Å². The molecule has 0 saturated carbocycles. The quantitative estimate of drug-likeness (QED) is 0.0362. The fraction of sp³-hybridized carbons (Fsp3) is 0.966. The second-order valence-corrected chi connectivity index (χ2v) is 30.7. The summed E-state index contributed by atoms with van der Waals surface area (Å²) in [6.07, 6.45) is 60.2. The monoisotopic (exact) mass is 1060 g/mol. The number of carbonyl (C=O) groups excluding carboxylic acids is 2. The minimum Gasteiger partial charge on any atom is -0.0654 e. The second kappa shape index (κ2) is 52.3. The summed E-state index contributed by atoms with van der Waals surface area (Å²) in [6, 6.07) is 0. The van der Waals surface area contributed by atoms with Crippen molar-refractivity contribution >= 4 is 56.4 Å². The van der Waals surface area contributed by atoms with Crippen LogP contribution in [0.2, 0.25) is 8.87 Å². The summed E-state index contributed by atoms with van der Waals surface area (Å²) < 4.78 is 14.6. The number of hydrogen-bond acceptors (Lipinski definition) is 6. The zero-order valence-corrected chi connectivity index (χ0v) is 49.2. The predicted molar refractivity (Wildman–Crippen MR) is 297 cm³/mol. The van der Waals surface area contributed by atoms with Crippen LogP contribution in [0.4, 0.5) is 0 Å². The minimum absolute atomic E-state index is 0.148. The van der Waals surface area contributed by atoms with Crippen LogP contribution in [-0.2, 0) is 15.7 Å². The summed E-state index contributed by atoms with van der Waals surface area (Å²) in [7, 11) is 0. The first-order chi connectivity index (χ1) is 31.9. The molecule has 2 unspecified atom stereocenters. The maximum absolute atomic E-state index is 13.8.